The van der Waals surface area contributed by atoms with E-state index in [1.807, 2.05) is 0 Å². The molecule has 0 radical (unpaired) electrons. The monoisotopic (exact) mass is 212 g/mol. The molecule has 0 aromatic heterocycles. The molecule has 0 aromatic rings. The molecule has 0 aliphatic heterocycles. The van der Waals surface area contributed by atoms with Gasteiger partial charge in [0.25, 0.3) is 0 Å². The highest BCUT2D eigenvalue weighted by molar-refractivity contribution is 5.67. The van der Waals surface area contributed by atoms with Crippen LogP contribution in [0, 0.1) is 17.3 Å². The first-order valence-electron chi connectivity index (χ1n) is 6.17. The largest absolute Gasteiger partial charge is 0.481 e. The first-order chi connectivity index (χ1) is 6.95. The van der Waals surface area contributed by atoms with Crippen molar-refractivity contribution in [1.82, 2.24) is 0 Å². The molecule has 2 nitrogen and oxygen atoms in total. The summed E-state index contributed by atoms with van der Waals surface area (Å²) in [6.45, 7) is 6.94. The van der Waals surface area contributed by atoms with Crippen LogP contribution in [0.4, 0.5) is 0 Å². The molecule has 0 heterocycles. The van der Waals surface area contributed by atoms with Gasteiger partial charge in [0.05, 0.1) is 0 Å². The van der Waals surface area contributed by atoms with Gasteiger partial charge in [-0.05, 0) is 42.9 Å². The van der Waals surface area contributed by atoms with Gasteiger partial charge >= 0.3 is 5.97 Å². The number of carbonyl (C=O) groups is 1. The highest BCUT2D eigenvalue weighted by atomic mass is 16.4. The smallest absolute Gasteiger partial charge is 0.303 e. The van der Waals surface area contributed by atoms with Crippen molar-refractivity contribution in [3.05, 3.63) is 0 Å². The molecule has 0 aromatic carbocycles. The standard InChI is InChI=1S/C13H24O2/c1-4-13(2,3)11-7-5-10(6-8-11)9-12(14)15/h10-11H,4-9H2,1-3H3,(H,14,15). The molecule has 15 heavy (non-hydrogen) atoms. The Kier molecular flexibility index (Phi) is 4.18. The van der Waals surface area contributed by atoms with Crippen LogP contribution in [0.3, 0.4) is 0 Å². The summed E-state index contributed by atoms with van der Waals surface area (Å²) < 4.78 is 0. The van der Waals surface area contributed by atoms with E-state index in [4.69, 9.17) is 5.11 Å². The Morgan fingerprint density at radius 2 is 1.80 bits per heavy atom. The van der Waals surface area contributed by atoms with Crippen molar-refractivity contribution in [3.63, 3.8) is 0 Å². The predicted octanol–water partition coefficient (Wildman–Crippen LogP) is 3.70. The summed E-state index contributed by atoms with van der Waals surface area (Å²) in [5.41, 5.74) is 0.439. The van der Waals surface area contributed by atoms with Gasteiger partial charge in [-0.3, -0.25) is 4.79 Å². The summed E-state index contributed by atoms with van der Waals surface area (Å²) in [6.07, 6.45) is 6.26. The highest BCUT2D eigenvalue weighted by Crippen LogP contribution is 2.42. The molecule has 0 atom stereocenters. The van der Waals surface area contributed by atoms with Crippen LogP contribution in [-0.4, -0.2) is 11.1 Å². The second-order valence-electron chi connectivity index (χ2n) is 5.66. The molecule has 0 bridgehead atoms. The van der Waals surface area contributed by atoms with Gasteiger partial charge in [0, 0.05) is 6.42 Å². The molecule has 1 rings (SSSR count). The lowest BCUT2D eigenvalue weighted by molar-refractivity contribution is -0.138. The van der Waals surface area contributed by atoms with Crippen LogP contribution in [0.2, 0.25) is 0 Å². The number of hydrogen-bond acceptors (Lipinski definition) is 1. The summed E-state index contributed by atoms with van der Waals surface area (Å²) in [4.78, 5) is 10.6. The third-order valence-electron chi connectivity index (χ3n) is 4.33. The maximum absolute atomic E-state index is 10.6. The molecular weight excluding hydrogens is 188 g/mol. The van der Waals surface area contributed by atoms with Crippen LogP contribution in [0.15, 0.2) is 0 Å². The maximum Gasteiger partial charge on any atom is 0.303 e. The molecule has 1 N–H and O–H groups in total. The third kappa shape index (κ3) is 3.51. The van der Waals surface area contributed by atoms with E-state index in [0.717, 1.165) is 18.8 Å². The van der Waals surface area contributed by atoms with E-state index < -0.39 is 5.97 Å². The highest BCUT2D eigenvalue weighted by Gasteiger charge is 2.32. The van der Waals surface area contributed by atoms with Gasteiger partial charge < -0.3 is 5.11 Å². The number of carboxylic acids is 1. The summed E-state index contributed by atoms with van der Waals surface area (Å²) in [5, 5.41) is 8.74. The summed E-state index contributed by atoms with van der Waals surface area (Å²) >= 11 is 0. The van der Waals surface area contributed by atoms with Crippen molar-refractivity contribution in [2.45, 2.75) is 59.3 Å². The topological polar surface area (TPSA) is 37.3 Å². The molecule has 0 unspecified atom stereocenters. The average Bonchev–Trinajstić information content (AvgIpc) is 2.18. The molecule has 1 fully saturated rings. The number of aliphatic carboxylic acids is 1. The van der Waals surface area contributed by atoms with E-state index in [9.17, 15) is 4.79 Å². The lowest BCUT2D eigenvalue weighted by Gasteiger charge is -2.38. The van der Waals surface area contributed by atoms with E-state index in [1.165, 1.54) is 19.3 Å². The second-order valence-corrected chi connectivity index (χ2v) is 5.66. The normalized spacial score (nSPS) is 27.7. The van der Waals surface area contributed by atoms with Crippen LogP contribution in [0.25, 0.3) is 0 Å². The lowest BCUT2D eigenvalue weighted by Crippen LogP contribution is -2.28. The number of rotatable bonds is 4. The fourth-order valence-electron chi connectivity index (χ4n) is 2.68. The van der Waals surface area contributed by atoms with Crippen molar-refractivity contribution in [3.8, 4) is 0 Å². The summed E-state index contributed by atoms with van der Waals surface area (Å²) in [7, 11) is 0. The Bertz CT molecular complexity index is 213. The minimum absolute atomic E-state index is 0.374. The van der Waals surface area contributed by atoms with Gasteiger partial charge in [0.2, 0.25) is 0 Å². The van der Waals surface area contributed by atoms with Gasteiger partial charge in [0.1, 0.15) is 0 Å². The van der Waals surface area contributed by atoms with Crippen LogP contribution in [-0.2, 0) is 4.79 Å². The van der Waals surface area contributed by atoms with Crippen molar-refractivity contribution in [2.75, 3.05) is 0 Å². The van der Waals surface area contributed by atoms with Crippen LogP contribution < -0.4 is 0 Å². The van der Waals surface area contributed by atoms with Crippen LogP contribution in [0.1, 0.15) is 59.3 Å². The van der Waals surface area contributed by atoms with E-state index in [1.54, 1.807) is 0 Å². The Balaban J connectivity index is 2.39. The zero-order valence-electron chi connectivity index (χ0n) is 10.3. The SMILES string of the molecule is CCC(C)(C)C1CCC(CC(=O)O)CC1. The molecule has 0 spiro atoms. The van der Waals surface area contributed by atoms with Gasteiger partial charge in [0.15, 0.2) is 0 Å². The minimum atomic E-state index is -0.631. The second kappa shape index (κ2) is 5.00. The first-order valence-corrected chi connectivity index (χ1v) is 6.17. The number of hydrogen-bond donors (Lipinski definition) is 1. The quantitative estimate of drug-likeness (QED) is 0.771. The summed E-state index contributed by atoms with van der Waals surface area (Å²) in [5.74, 6) is 0.604. The van der Waals surface area contributed by atoms with E-state index in [2.05, 4.69) is 20.8 Å². The lowest BCUT2D eigenvalue weighted by atomic mass is 9.67. The van der Waals surface area contributed by atoms with Gasteiger partial charge in [-0.25, -0.2) is 0 Å². The third-order valence-corrected chi connectivity index (χ3v) is 4.33. The maximum atomic E-state index is 10.6. The molecule has 2 heteroatoms. The molecule has 0 amide bonds. The van der Waals surface area contributed by atoms with Gasteiger partial charge in [-0.2, -0.15) is 0 Å². The Labute approximate surface area is 93.1 Å². The van der Waals surface area contributed by atoms with Crippen LogP contribution >= 0.6 is 0 Å². The molecule has 0 saturated heterocycles. The molecular formula is C13H24O2. The minimum Gasteiger partial charge on any atom is -0.481 e. The molecule has 1 aliphatic rings. The van der Waals surface area contributed by atoms with Crippen molar-refractivity contribution >= 4 is 5.97 Å². The summed E-state index contributed by atoms with van der Waals surface area (Å²) in [6, 6.07) is 0. The Hall–Kier alpha value is -0.530. The van der Waals surface area contributed by atoms with E-state index in [0.29, 0.717) is 17.8 Å². The fourth-order valence-corrected chi connectivity index (χ4v) is 2.68. The van der Waals surface area contributed by atoms with Gasteiger partial charge in [-0.1, -0.05) is 27.2 Å². The van der Waals surface area contributed by atoms with Crippen molar-refractivity contribution < 1.29 is 9.90 Å². The van der Waals surface area contributed by atoms with E-state index in [-0.39, 0.29) is 0 Å². The zero-order chi connectivity index (χ0) is 11.5. The average molecular weight is 212 g/mol. The zero-order valence-corrected chi connectivity index (χ0v) is 10.3. The Morgan fingerprint density at radius 1 is 1.27 bits per heavy atom. The van der Waals surface area contributed by atoms with Crippen LogP contribution in [0.5, 0.6) is 0 Å². The Morgan fingerprint density at radius 3 is 2.20 bits per heavy atom. The van der Waals surface area contributed by atoms with Crippen molar-refractivity contribution in [1.29, 1.82) is 0 Å². The van der Waals surface area contributed by atoms with E-state index >= 15 is 0 Å². The van der Waals surface area contributed by atoms with Gasteiger partial charge in [-0.15, -0.1) is 0 Å². The molecule has 1 aliphatic carbocycles. The fraction of sp³-hybridized carbons (Fsp3) is 0.923. The molecule has 88 valence electrons. The predicted molar refractivity (Wildman–Crippen MR) is 61.8 cm³/mol. The molecule has 1 saturated carbocycles. The number of carboxylic acid groups (broad SMARTS) is 1. The van der Waals surface area contributed by atoms with Crippen molar-refractivity contribution in [2.24, 2.45) is 17.3 Å². The first kappa shape index (κ1) is 12.5.